The number of aliphatic carboxylic acids is 1. The number of aromatic amines is 1. The molecule has 4 rings (SSSR count). The highest BCUT2D eigenvalue weighted by Crippen LogP contribution is 2.21. The molecule has 32 heavy (non-hydrogen) atoms. The van der Waals surface area contributed by atoms with Gasteiger partial charge in [0.2, 0.25) is 0 Å². The van der Waals surface area contributed by atoms with Gasteiger partial charge in [0.25, 0.3) is 0 Å². The summed E-state index contributed by atoms with van der Waals surface area (Å²) in [7, 11) is 0. The van der Waals surface area contributed by atoms with Crippen molar-refractivity contribution in [3.05, 3.63) is 66.0 Å². The number of nitrogens with one attached hydrogen (secondary N) is 2. The molecule has 1 saturated heterocycles. The summed E-state index contributed by atoms with van der Waals surface area (Å²) < 4.78 is 31.7. The molecule has 0 saturated carbocycles. The van der Waals surface area contributed by atoms with Gasteiger partial charge in [-0.2, -0.15) is 13.2 Å². The molecule has 7 nitrogen and oxygen atoms in total. The first-order chi connectivity index (χ1) is 15.2. The fourth-order valence-corrected chi connectivity index (χ4v) is 3.51. The summed E-state index contributed by atoms with van der Waals surface area (Å²) in [5.74, 6) is -2.21. The molecule has 3 N–H and O–H groups in total. The third kappa shape index (κ3) is 6.47. The molecular weight excluding hydrogens is 425 g/mol. The average Bonchev–Trinajstić information content (AvgIpc) is 3.41. The first-order valence-corrected chi connectivity index (χ1v) is 10.0. The zero-order chi connectivity index (χ0) is 23.1. The highest BCUT2D eigenvalue weighted by molar-refractivity contribution is 5.76. The Morgan fingerprint density at radius 1 is 1.16 bits per heavy atom. The minimum atomic E-state index is -5.08. The summed E-state index contributed by atoms with van der Waals surface area (Å²) >= 11 is 0. The maximum absolute atomic E-state index is 12.4. The van der Waals surface area contributed by atoms with E-state index in [9.17, 15) is 18.0 Å². The van der Waals surface area contributed by atoms with Gasteiger partial charge in [-0.3, -0.25) is 0 Å². The highest BCUT2D eigenvalue weighted by atomic mass is 19.4. The fraction of sp³-hybridized carbons (Fsp3) is 0.318. The Kier molecular flexibility index (Phi) is 7.34. The number of nitrogens with zero attached hydrogens (tertiary/aromatic N) is 2. The van der Waals surface area contributed by atoms with Gasteiger partial charge in [-0.05, 0) is 42.0 Å². The maximum atomic E-state index is 12.4. The number of hydrogen-bond donors (Lipinski definition) is 3. The second-order valence-electron chi connectivity index (χ2n) is 7.51. The number of alkyl halides is 3. The molecule has 1 aliphatic rings. The molecule has 170 valence electrons. The number of likely N-dealkylation sites (tertiary alicyclic amines) is 1. The third-order valence-electron chi connectivity index (χ3n) is 5.11. The zero-order valence-electron chi connectivity index (χ0n) is 17.1. The summed E-state index contributed by atoms with van der Waals surface area (Å²) in [4.78, 5) is 30.6. The van der Waals surface area contributed by atoms with Crippen LogP contribution in [0.5, 0.6) is 0 Å². The van der Waals surface area contributed by atoms with Crippen molar-refractivity contribution in [2.24, 2.45) is 5.92 Å². The first-order valence-electron chi connectivity index (χ1n) is 10.0. The number of rotatable bonds is 4. The van der Waals surface area contributed by atoms with Gasteiger partial charge in [0.05, 0.1) is 17.4 Å². The number of hydrogen-bond acceptors (Lipinski definition) is 3. The van der Waals surface area contributed by atoms with Gasteiger partial charge < -0.3 is 20.3 Å². The topological polar surface area (TPSA) is 98.3 Å². The maximum Gasteiger partial charge on any atom is 0.490 e. The molecule has 1 aromatic heterocycles. The van der Waals surface area contributed by atoms with Crippen LogP contribution in [0, 0.1) is 5.92 Å². The van der Waals surface area contributed by atoms with Crippen LogP contribution in [0.4, 0.5) is 18.0 Å². The molecule has 2 heterocycles. The van der Waals surface area contributed by atoms with Crippen LogP contribution >= 0.6 is 0 Å². The van der Waals surface area contributed by atoms with Crippen LogP contribution in [0.15, 0.2) is 54.9 Å². The number of urea groups is 1. The van der Waals surface area contributed by atoms with Crippen molar-refractivity contribution in [3.8, 4) is 0 Å². The molecule has 1 fully saturated rings. The molecule has 1 unspecified atom stereocenters. The number of carbonyl (C=O) groups excluding carboxylic acids is 1. The summed E-state index contributed by atoms with van der Waals surface area (Å²) in [5.41, 5.74) is 4.36. The van der Waals surface area contributed by atoms with Gasteiger partial charge >= 0.3 is 18.2 Å². The van der Waals surface area contributed by atoms with Crippen LogP contribution in [0.2, 0.25) is 0 Å². The van der Waals surface area contributed by atoms with E-state index in [1.165, 1.54) is 5.56 Å². The lowest BCUT2D eigenvalue weighted by molar-refractivity contribution is -0.192. The summed E-state index contributed by atoms with van der Waals surface area (Å²) in [6, 6.07) is 16.5. The Bertz CT molecular complexity index is 1050. The number of halogens is 3. The Morgan fingerprint density at radius 3 is 2.56 bits per heavy atom. The van der Waals surface area contributed by atoms with E-state index in [0.717, 1.165) is 42.5 Å². The van der Waals surface area contributed by atoms with E-state index in [1.54, 1.807) is 6.33 Å². The van der Waals surface area contributed by atoms with Crippen molar-refractivity contribution in [1.82, 2.24) is 20.2 Å². The van der Waals surface area contributed by atoms with E-state index in [1.807, 2.05) is 29.2 Å². The predicted octanol–water partition coefficient (Wildman–Crippen LogP) is 3.97. The normalized spacial score (nSPS) is 15.8. The van der Waals surface area contributed by atoms with Crippen molar-refractivity contribution in [2.75, 3.05) is 13.1 Å². The number of carbonyl (C=O) groups is 2. The monoisotopic (exact) mass is 448 g/mol. The van der Waals surface area contributed by atoms with Crippen molar-refractivity contribution in [1.29, 1.82) is 0 Å². The number of imidazole rings is 1. The predicted molar refractivity (Wildman–Crippen MR) is 112 cm³/mol. The lowest BCUT2D eigenvalue weighted by Gasteiger charge is -2.17. The largest absolute Gasteiger partial charge is 0.490 e. The first kappa shape index (κ1) is 23.1. The minimum absolute atomic E-state index is 0.0280. The van der Waals surface area contributed by atoms with E-state index in [2.05, 4.69) is 39.6 Å². The van der Waals surface area contributed by atoms with Crippen molar-refractivity contribution >= 4 is 23.0 Å². The Labute approximate surface area is 182 Å². The highest BCUT2D eigenvalue weighted by Gasteiger charge is 2.38. The molecule has 1 aliphatic heterocycles. The number of carboxylic acids is 1. The average molecular weight is 448 g/mol. The molecule has 2 amide bonds. The molecule has 1 atom stereocenters. The number of amides is 2. The summed E-state index contributed by atoms with van der Waals surface area (Å²) in [5, 5.41) is 10.2. The second-order valence-corrected chi connectivity index (χ2v) is 7.51. The Morgan fingerprint density at radius 2 is 1.88 bits per heavy atom. The Balaban J connectivity index is 0.000000360. The van der Waals surface area contributed by atoms with E-state index in [4.69, 9.17) is 9.90 Å². The van der Waals surface area contributed by atoms with Crippen LogP contribution in [0.3, 0.4) is 0 Å². The molecule has 3 aromatic rings. The SMILES string of the molecule is O=C(NCc1ccc2nc[nH]c2c1)N1CCC(Cc2ccccc2)C1.O=C(O)C(F)(F)F. The quantitative estimate of drug-likeness (QED) is 0.563. The van der Waals surface area contributed by atoms with Gasteiger partial charge in [-0.25, -0.2) is 14.6 Å². The van der Waals surface area contributed by atoms with Crippen LogP contribution in [0.25, 0.3) is 11.0 Å². The smallest absolute Gasteiger partial charge is 0.475 e. The lowest BCUT2D eigenvalue weighted by atomic mass is 9.99. The molecule has 2 aromatic carbocycles. The summed E-state index contributed by atoms with van der Waals surface area (Å²) in [6.45, 7) is 2.21. The van der Waals surface area contributed by atoms with Crippen molar-refractivity contribution in [2.45, 2.75) is 25.6 Å². The van der Waals surface area contributed by atoms with Crippen LogP contribution in [-0.2, 0) is 17.8 Å². The van der Waals surface area contributed by atoms with Crippen LogP contribution in [0.1, 0.15) is 17.5 Å². The zero-order valence-corrected chi connectivity index (χ0v) is 17.1. The number of fused-ring (bicyclic) bond motifs is 1. The Hall–Kier alpha value is -3.56. The van der Waals surface area contributed by atoms with Gasteiger partial charge in [-0.15, -0.1) is 0 Å². The lowest BCUT2D eigenvalue weighted by Crippen LogP contribution is -2.38. The second kappa shape index (κ2) is 10.2. The molecule has 0 radical (unpaired) electrons. The third-order valence-corrected chi connectivity index (χ3v) is 5.11. The van der Waals surface area contributed by atoms with Crippen molar-refractivity contribution < 1.29 is 27.9 Å². The summed E-state index contributed by atoms with van der Waals surface area (Å²) in [6.07, 6.45) is -1.28. The standard InChI is InChI=1S/C20H22N4O.C2HF3O2/c25-20(21-12-16-6-7-18-19(11-16)23-14-22-18)24-9-8-17(13-24)10-15-4-2-1-3-5-15;3-2(4,5)1(6)7/h1-7,11,14,17H,8-10,12-13H2,(H,21,25)(H,22,23);(H,6,7). The van der Waals surface area contributed by atoms with E-state index in [0.29, 0.717) is 12.5 Å². The number of benzene rings is 2. The number of H-pyrrole nitrogens is 1. The molecule has 0 aliphatic carbocycles. The van der Waals surface area contributed by atoms with Crippen LogP contribution in [-0.4, -0.2) is 51.2 Å². The van der Waals surface area contributed by atoms with E-state index < -0.39 is 12.1 Å². The molecule has 0 bridgehead atoms. The molecular formula is C22H23F3N4O3. The van der Waals surface area contributed by atoms with Crippen molar-refractivity contribution in [3.63, 3.8) is 0 Å². The fourth-order valence-electron chi connectivity index (χ4n) is 3.51. The van der Waals surface area contributed by atoms with Gasteiger partial charge in [-0.1, -0.05) is 36.4 Å². The molecule has 0 spiro atoms. The van der Waals surface area contributed by atoms with E-state index >= 15 is 0 Å². The van der Waals surface area contributed by atoms with Gasteiger partial charge in [0.1, 0.15) is 0 Å². The number of carboxylic acid groups (broad SMARTS) is 1. The van der Waals surface area contributed by atoms with Gasteiger partial charge in [0, 0.05) is 19.6 Å². The van der Waals surface area contributed by atoms with E-state index in [-0.39, 0.29) is 6.03 Å². The molecule has 10 heteroatoms. The number of aromatic nitrogens is 2. The van der Waals surface area contributed by atoms with Crippen LogP contribution < -0.4 is 5.32 Å². The minimum Gasteiger partial charge on any atom is -0.475 e. The van der Waals surface area contributed by atoms with Gasteiger partial charge in [0.15, 0.2) is 0 Å².